The Morgan fingerprint density at radius 2 is 1.89 bits per heavy atom. The molecular weight excluding hydrogens is 330 g/mol. The third-order valence-electron chi connectivity index (χ3n) is 5.96. The zero-order valence-electron chi connectivity index (χ0n) is 17.3. The first-order valence-corrected chi connectivity index (χ1v) is 10.1. The number of fused-ring (bicyclic) bond motifs is 3. The van der Waals surface area contributed by atoms with Crippen molar-refractivity contribution in [2.45, 2.75) is 66.1 Å². The molecular formula is C24H31N3. The van der Waals surface area contributed by atoms with Crippen LogP contribution in [0.3, 0.4) is 0 Å². The molecule has 1 aliphatic heterocycles. The highest BCUT2D eigenvalue weighted by atomic mass is 15.2. The molecule has 0 unspecified atom stereocenters. The molecule has 0 saturated carbocycles. The molecule has 3 nitrogen and oxygen atoms in total. The molecule has 0 bridgehead atoms. The summed E-state index contributed by atoms with van der Waals surface area (Å²) in [4.78, 5) is 7.08. The van der Waals surface area contributed by atoms with Gasteiger partial charge in [0.1, 0.15) is 0 Å². The van der Waals surface area contributed by atoms with Crippen LogP contribution in [0.2, 0.25) is 0 Å². The Labute approximate surface area is 163 Å². The smallest absolute Gasteiger partial charge is 0.0486 e. The summed E-state index contributed by atoms with van der Waals surface area (Å²) < 4.78 is 2.57. The van der Waals surface area contributed by atoms with Crippen LogP contribution in [0.15, 0.2) is 36.5 Å². The van der Waals surface area contributed by atoms with Crippen molar-refractivity contribution in [1.82, 2.24) is 14.5 Å². The molecule has 3 aromatic rings. The van der Waals surface area contributed by atoms with Gasteiger partial charge in [-0.2, -0.15) is 0 Å². The number of pyridine rings is 1. The van der Waals surface area contributed by atoms with Crippen molar-refractivity contribution in [3.05, 3.63) is 64.6 Å². The number of aromatic nitrogens is 2. The molecule has 3 heterocycles. The van der Waals surface area contributed by atoms with Gasteiger partial charge in [-0.05, 0) is 70.4 Å². The lowest BCUT2D eigenvalue weighted by molar-refractivity contribution is 0.120. The van der Waals surface area contributed by atoms with Crippen molar-refractivity contribution < 1.29 is 0 Å². The summed E-state index contributed by atoms with van der Waals surface area (Å²) in [7, 11) is 0. The lowest BCUT2D eigenvalue weighted by atomic mass is 9.97. The van der Waals surface area contributed by atoms with E-state index in [1.807, 2.05) is 13.1 Å². The van der Waals surface area contributed by atoms with Crippen LogP contribution in [0.4, 0.5) is 0 Å². The maximum absolute atomic E-state index is 4.46. The maximum Gasteiger partial charge on any atom is 0.0486 e. The van der Waals surface area contributed by atoms with Gasteiger partial charge in [0.2, 0.25) is 0 Å². The van der Waals surface area contributed by atoms with Crippen LogP contribution in [0.25, 0.3) is 10.9 Å². The van der Waals surface area contributed by atoms with Crippen LogP contribution >= 0.6 is 0 Å². The second-order valence-corrected chi connectivity index (χ2v) is 9.00. The van der Waals surface area contributed by atoms with Crippen molar-refractivity contribution in [3.8, 4) is 0 Å². The fraction of sp³-hybridized carbons (Fsp3) is 0.458. The molecule has 27 heavy (non-hydrogen) atoms. The topological polar surface area (TPSA) is 21.1 Å². The molecule has 0 amide bonds. The second kappa shape index (κ2) is 6.79. The van der Waals surface area contributed by atoms with Crippen molar-refractivity contribution in [3.63, 3.8) is 0 Å². The molecule has 4 rings (SSSR count). The van der Waals surface area contributed by atoms with Crippen molar-refractivity contribution in [2.24, 2.45) is 0 Å². The highest BCUT2D eigenvalue weighted by molar-refractivity contribution is 5.86. The second-order valence-electron chi connectivity index (χ2n) is 9.00. The maximum atomic E-state index is 4.46. The van der Waals surface area contributed by atoms with Crippen molar-refractivity contribution in [1.29, 1.82) is 0 Å². The quantitative estimate of drug-likeness (QED) is 0.651. The van der Waals surface area contributed by atoms with Gasteiger partial charge in [0, 0.05) is 60.1 Å². The van der Waals surface area contributed by atoms with Crippen molar-refractivity contribution >= 4 is 10.9 Å². The summed E-state index contributed by atoms with van der Waals surface area (Å²) in [6.45, 7) is 14.4. The third-order valence-corrected chi connectivity index (χ3v) is 5.96. The SMILES string of the molecule is Cc1ccc2c(c1)c1c(n2CCc2ccc(C)nc2)CCN(C(C)(C)C)C1. The van der Waals surface area contributed by atoms with Crippen LogP contribution in [-0.2, 0) is 25.9 Å². The first kappa shape index (κ1) is 18.2. The van der Waals surface area contributed by atoms with Gasteiger partial charge in [0.25, 0.3) is 0 Å². The van der Waals surface area contributed by atoms with E-state index in [1.54, 1.807) is 0 Å². The Hall–Kier alpha value is -2.13. The van der Waals surface area contributed by atoms with E-state index < -0.39 is 0 Å². The zero-order valence-corrected chi connectivity index (χ0v) is 17.3. The van der Waals surface area contributed by atoms with Gasteiger partial charge in [-0.1, -0.05) is 17.7 Å². The van der Waals surface area contributed by atoms with E-state index in [1.165, 1.54) is 33.3 Å². The molecule has 0 N–H and O–H groups in total. The standard InChI is InChI=1S/C24H31N3/c1-17-6-9-22-20(14-17)21-16-26(24(3,4)5)12-11-23(21)27(22)13-10-19-8-7-18(2)25-15-19/h6-9,14-15H,10-13,16H2,1-5H3. The number of nitrogens with zero attached hydrogens (tertiary/aromatic N) is 3. The average Bonchev–Trinajstić information content (AvgIpc) is 2.93. The molecule has 0 fully saturated rings. The van der Waals surface area contributed by atoms with Gasteiger partial charge in [-0.15, -0.1) is 0 Å². The predicted octanol–water partition coefficient (Wildman–Crippen LogP) is 5.05. The molecule has 0 aliphatic carbocycles. The van der Waals surface area contributed by atoms with Crippen molar-refractivity contribution in [2.75, 3.05) is 6.54 Å². The van der Waals surface area contributed by atoms with E-state index in [-0.39, 0.29) is 5.54 Å². The summed E-state index contributed by atoms with van der Waals surface area (Å²) in [5.74, 6) is 0. The summed E-state index contributed by atoms with van der Waals surface area (Å²) in [6, 6.07) is 11.3. The summed E-state index contributed by atoms with van der Waals surface area (Å²) in [5, 5.41) is 1.45. The Bertz CT molecular complexity index is 958. The minimum absolute atomic E-state index is 0.212. The fourth-order valence-electron chi connectivity index (χ4n) is 4.28. The normalized spacial score (nSPS) is 15.3. The van der Waals surface area contributed by atoms with E-state index in [9.17, 15) is 0 Å². The molecule has 0 atom stereocenters. The molecule has 2 aromatic heterocycles. The number of aryl methyl sites for hydroxylation is 4. The first-order chi connectivity index (χ1) is 12.8. The molecule has 1 aliphatic rings. The summed E-state index contributed by atoms with van der Waals surface area (Å²) in [5.41, 5.74) is 8.42. The van der Waals surface area contributed by atoms with Gasteiger partial charge in [0.15, 0.2) is 0 Å². The lowest BCUT2D eigenvalue weighted by Gasteiger charge is -2.38. The monoisotopic (exact) mass is 361 g/mol. The summed E-state index contributed by atoms with van der Waals surface area (Å²) in [6.07, 6.45) is 4.19. The highest BCUT2D eigenvalue weighted by Gasteiger charge is 2.29. The van der Waals surface area contributed by atoms with Crippen LogP contribution in [-0.4, -0.2) is 26.5 Å². The van der Waals surface area contributed by atoms with Gasteiger partial charge in [-0.25, -0.2) is 0 Å². The number of rotatable bonds is 3. The minimum atomic E-state index is 0.212. The zero-order chi connectivity index (χ0) is 19.2. The fourth-order valence-corrected chi connectivity index (χ4v) is 4.28. The minimum Gasteiger partial charge on any atom is -0.344 e. The van der Waals surface area contributed by atoms with Gasteiger partial charge < -0.3 is 4.57 Å². The number of benzene rings is 1. The Morgan fingerprint density at radius 1 is 1.07 bits per heavy atom. The molecule has 0 saturated heterocycles. The Morgan fingerprint density at radius 3 is 2.59 bits per heavy atom. The third kappa shape index (κ3) is 3.53. The van der Waals surface area contributed by atoms with E-state index in [4.69, 9.17) is 0 Å². The lowest BCUT2D eigenvalue weighted by Crippen LogP contribution is -2.44. The Balaban J connectivity index is 1.72. The number of hydrogen-bond acceptors (Lipinski definition) is 2. The summed E-state index contributed by atoms with van der Waals surface area (Å²) >= 11 is 0. The molecule has 0 radical (unpaired) electrons. The van der Waals surface area contributed by atoms with E-state index in [0.29, 0.717) is 0 Å². The molecule has 3 heteroatoms. The van der Waals surface area contributed by atoms with E-state index in [0.717, 1.165) is 38.2 Å². The average molecular weight is 362 g/mol. The predicted molar refractivity (Wildman–Crippen MR) is 113 cm³/mol. The van der Waals surface area contributed by atoms with E-state index >= 15 is 0 Å². The molecule has 0 spiro atoms. The van der Waals surface area contributed by atoms with Crippen LogP contribution in [0.5, 0.6) is 0 Å². The van der Waals surface area contributed by atoms with Gasteiger partial charge in [0.05, 0.1) is 0 Å². The van der Waals surface area contributed by atoms with Crippen LogP contribution in [0, 0.1) is 13.8 Å². The largest absolute Gasteiger partial charge is 0.344 e. The van der Waals surface area contributed by atoms with Crippen LogP contribution < -0.4 is 0 Å². The first-order valence-electron chi connectivity index (χ1n) is 10.1. The molecule has 142 valence electrons. The van der Waals surface area contributed by atoms with E-state index in [2.05, 4.69) is 72.5 Å². The molecule has 1 aromatic carbocycles. The van der Waals surface area contributed by atoms with Crippen LogP contribution in [0.1, 0.15) is 48.8 Å². The van der Waals surface area contributed by atoms with Gasteiger partial charge >= 0.3 is 0 Å². The highest BCUT2D eigenvalue weighted by Crippen LogP contribution is 2.34. The Kier molecular flexibility index (Phi) is 4.59. The van der Waals surface area contributed by atoms with Gasteiger partial charge in [-0.3, -0.25) is 9.88 Å². The number of hydrogen-bond donors (Lipinski definition) is 0.